The van der Waals surface area contributed by atoms with Gasteiger partial charge in [-0.25, -0.2) is 14.8 Å². The summed E-state index contributed by atoms with van der Waals surface area (Å²) in [6.45, 7) is 5.10. The second kappa shape index (κ2) is 7.59. The molecule has 0 aliphatic carbocycles. The van der Waals surface area contributed by atoms with Gasteiger partial charge in [0.25, 0.3) is 0 Å². The molecule has 0 radical (unpaired) electrons. The molecule has 2 atom stereocenters. The lowest BCUT2D eigenvalue weighted by molar-refractivity contribution is 0.0697. The van der Waals surface area contributed by atoms with Gasteiger partial charge in [0.15, 0.2) is 0 Å². The van der Waals surface area contributed by atoms with Gasteiger partial charge in [-0.1, -0.05) is 19.1 Å². The Hall–Kier alpha value is -2.93. The number of likely N-dealkylation sites (tertiary alicyclic amines) is 1. The molecule has 0 saturated carbocycles. The summed E-state index contributed by atoms with van der Waals surface area (Å²) in [6, 6.07) is 9.55. The molecule has 2 aromatic heterocycles. The lowest BCUT2D eigenvalue weighted by atomic mass is 9.92. The minimum Gasteiger partial charge on any atom is -0.478 e. The third-order valence-electron chi connectivity index (χ3n) is 5.77. The van der Waals surface area contributed by atoms with Gasteiger partial charge in [-0.05, 0) is 42.6 Å². The molecular formula is C21H25N5O2. The number of aromatic amines is 1. The number of aromatic nitrogens is 3. The van der Waals surface area contributed by atoms with Crippen molar-refractivity contribution in [2.24, 2.45) is 5.92 Å². The number of carbonyl (C=O) groups is 1. The number of H-pyrrole nitrogens is 1. The third kappa shape index (κ3) is 3.57. The molecule has 3 heterocycles. The number of aromatic carboxylic acids is 1. The molecule has 7 nitrogen and oxygen atoms in total. The normalized spacial score (nSPS) is 20.4. The van der Waals surface area contributed by atoms with E-state index in [0.29, 0.717) is 17.5 Å². The van der Waals surface area contributed by atoms with Crippen LogP contribution in [0.25, 0.3) is 11.0 Å². The highest BCUT2D eigenvalue weighted by atomic mass is 16.4. The fraction of sp³-hybridized carbons (Fsp3) is 0.381. The van der Waals surface area contributed by atoms with Crippen LogP contribution in [-0.4, -0.2) is 57.1 Å². The highest BCUT2D eigenvalue weighted by Crippen LogP contribution is 2.29. The smallest absolute Gasteiger partial charge is 0.335 e. The number of benzene rings is 1. The molecule has 0 spiro atoms. The van der Waals surface area contributed by atoms with Crippen molar-refractivity contribution in [3.05, 3.63) is 54.0 Å². The van der Waals surface area contributed by atoms with Gasteiger partial charge in [-0.15, -0.1) is 0 Å². The van der Waals surface area contributed by atoms with Gasteiger partial charge < -0.3 is 15.0 Å². The first kappa shape index (κ1) is 18.4. The Balaban J connectivity index is 1.50. The van der Waals surface area contributed by atoms with E-state index in [1.54, 1.807) is 18.5 Å². The molecule has 2 N–H and O–H groups in total. The molecule has 2 unspecified atom stereocenters. The summed E-state index contributed by atoms with van der Waals surface area (Å²) < 4.78 is 0. The standard InChI is InChI=1S/C21H25N5O2/c1-14-8-10-26(11-15-3-5-16(6-4-15)21(27)28)12-18(14)25(2)20-17-7-9-22-19(17)23-13-24-20/h3-7,9,13-14,18H,8,10-12H2,1-2H3,(H,27,28)(H,22,23,24). The first-order valence-electron chi connectivity index (χ1n) is 9.58. The molecule has 28 heavy (non-hydrogen) atoms. The summed E-state index contributed by atoms with van der Waals surface area (Å²) >= 11 is 0. The van der Waals surface area contributed by atoms with Gasteiger partial charge in [-0.3, -0.25) is 4.90 Å². The van der Waals surface area contributed by atoms with Crippen LogP contribution in [-0.2, 0) is 6.54 Å². The molecule has 1 aliphatic rings. The van der Waals surface area contributed by atoms with E-state index >= 15 is 0 Å². The Bertz CT molecular complexity index is 968. The van der Waals surface area contributed by atoms with Crippen LogP contribution in [0.15, 0.2) is 42.9 Å². The molecule has 146 valence electrons. The van der Waals surface area contributed by atoms with E-state index in [-0.39, 0.29) is 0 Å². The fourth-order valence-corrected chi connectivity index (χ4v) is 4.07. The Labute approximate surface area is 164 Å². The van der Waals surface area contributed by atoms with Crippen LogP contribution in [0.2, 0.25) is 0 Å². The van der Waals surface area contributed by atoms with E-state index < -0.39 is 5.97 Å². The number of carboxylic acids is 1. The fourth-order valence-electron chi connectivity index (χ4n) is 4.07. The number of hydrogen-bond donors (Lipinski definition) is 2. The second-order valence-corrected chi connectivity index (χ2v) is 7.62. The van der Waals surface area contributed by atoms with Crippen molar-refractivity contribution >= 4 is 22.8 Å². The zero-order valence-corrected chi connectivity index (χ0v) is 16.2. The highest BCUT2D eigenvalue weighted by Gasteiger charge is 2.30. The largest absolute Gasteiger partial charge is 0.478 e. The predicted molar refractivity (Wildman–Crippen MR) is 109 cm³/mol. The first-order valence-corrected chi connectivity index (χ1v) is 9.58. The maximum Gasteiger partial charge on any atom is 0.335 e. The van der Waals surface area contributed by atoms with E-state index in [1.807, 2.05) is 24.4 Å². The number of hydrogen-bond acceptors (Lipinski definition) is 5. The highest BCUT2D eigenvalue weighted by molar-refractivity contribution is 5.88. The molecule has 0 amide bonds. The quantitative estimate of drug-likeness (QED) is 0.709. The van der Waals surface area contributed by atoms with Crippen molar-refractivity contribution in [2.75, 3.05) is 25.0 Å². The molecule has 3 aromatic rings. The minimum absolute atomic E-state index is 0.327. The number of fused-ring (bicyclic) bond motifs is 1. The van der Waals surface area contributed by atoms with Crippen LogP contribution in [0.1, 0.15) is 29.3 Å². The number of piperidine rings is 1. The van der Waals surface area contributed by atoms with Crippen LogP contribution < -0.4 is 4.90 Å². The minimum atomic E-state index is -0.888. The van der Waals surface area contributed by atoms with E-state index in [9.17, 15) is 4.79 Å². The Morgan fingerprint density at radius 3 is 2.82 bits per heavy atom. The Morgan fingerprint density at radius 2 is 2.07 bits per heavy atom. The van der Waals surface area contributed by atoms with E-state index in [2.05, 4.69) is 38.7 Å². The maximum absolute atomic E-state index is 11.0. The van der Waals surface area contributed by atoms with Crippen molar-refractivity contribution in [3.8, 4) is 0 Å². The molecule has 7 heteroatoms. The monoisotopic (exact) mass is 379 g/mol. The summed E-state index contributed by atoms with van der Waals surface area (Å²) in [5.74, 6) is 0.622. The van der Waals surface area contributed by atoms with Crippen LogP contribution in [0, 0.1) is 5.92 Å². The predicted octanol–water partition coefficient (Wildman–Crippen LogP) is 3.00. The molecule has 4 rings (SSSR count). The zero-order valence-electron chi connectivity index (χ0n) is 16.2. The summed E-state index contributed by atoms with van der Waals surface area (Å²) in [5.41, 5.74) is 2.32. The van der Waals surface area contributed by atoms with Gasteiger partial charge in [-0.2, -0.15) is 0 Å². The number of nitrogens with zero attached hydrogens (tertiary/aromatic N) is 4. The molecule has 1 aromatic carbocycles. The van der Waals surface area contributed by atoms with Crippen molar-refractivity contribution in [1.82, 2.24) is 19.9 Å². The summed E-state index contributed by atoms with van der Waals surface area (Å²) in [6.07, 6.45) is 4.62. The Morgan fingerprint density at radius 1 is 1.29 bits per heavy atom. The molecule has 0 bridgehead atoms. The number of likely N-dealkylation sites (N-methyl/N-ethyl adjacent to an activating group) is 1. The number of carboxylic acid groups (broad SMARTS) is 1. The van der Waals surface area contributed by atoms with Gasteiger partial charge in [0.05, 0.1) is 10.9 Å². The molecule has 1 fully saturated rings. The van der Waals surface area contributed by atoms with Gasteiger partial charge in [0, 0.05) is 32.4 Å². The lowest BCUT2D eigenvalue weighted by Gasteiger charge is -2.42. The van der Waals surface area contributed by atoms with Crippen molar-refractivity contribution in [2.45, 2.75) is 25.9 Å². The van der Waals surface area contributed by atoms with Crippen molar-refractivity contribution < 1.29 is 9.90 Å². The Kier molecular flexibility index (Phi) is 5.00. The van der Waals surface area contributed by atoms with Crippen molar-refractivity contribution in [1.29, 1.82) is 0 Å². The van der Waals surface area contributed by atoms with Crippen molar-refractivity contribution in [3.63, 3.8) is 0 Å². The number of nitrogens with one attached hydrogen (secondary N) is 1. The SMILES string of the molecule is CC1CCN(Cc2ccc(C(=O)O)cc2)CC1N(C)c1ncnc2[nH]ccc12. The molecular weight excluding hydrogens is 354 g/mol. The average molecular weight is 379 g/mol. The molecule has 1 saturated heterocycles. The van der Waals surface area contributed by atoms with Crippen LogP contribution in [0.3, 0.4) is 0 Å². The lowest BCUT2D eigenvalue weighted by Crippen LogP contribution is -2.50. The van der Waals surface area contributed by atoms with E-state index in [1.165, 1.54) is 0 Å². The van der Waals surface area contributed by atoms with E-state index in [0.717, 1.165) is 48.5 Å². The topological polar surface area (TPSA) is 85.3 Å². The van der Waals surface area contributed by atoms with Gasteiger partial charge in [0.2, 0.25) is 0 Å². The summed E-state index contributed by atoms with van der Waals surface area (Å²) in [7, 11) is 2.11. The zero-order chi connectivity index (χ0) is 19.7. The van der Waals surface area contributed by atoms with Gasteiger partial charge >= 0.3 is 5.97 Å². The second-order valence-electron chi connectivity index (χ2n) is 7.62. The average Bonchev–Trinajstić information content (AvgIpc) is 3.18. The molecule has 1 aliphatic heterocycles. The summed E-state index contributed by atoms with van der Waals surface area (Å²) in [5, 5.41) is 10.1. The maximum atomic E-state index is 11.0. The van der Waals surface area contributed by atoms with Gasteiger partial charge in [0.1, 0.15) is 17.8 Å². The summed E-state index contributed by atoms with van der Waals surface area (Å²) in [4.78, 5) is 27.7. The van der Waals surface area contributed by atoms with E-state index in [4.69, 9.17) is 5.11 Å². The third-order valence-corrected chi connectivity index (χ3v) is 5.77. The number of anilines is 1. The van der Waals surface area contributed by atoms with Crippen LogP contribution in [0.5, 0.6) is 0 Å². The number of rotatable bonds is 5. The first-order chi connectivity index (χ1) is 13.5. The van der Waals surface area contributed by atoms with Crippen LogP contribution >= 0.6 is 0 Å². The van der Waals surface area contributed by atoms with Crippen LogP contribution in [0.4, 0.5) is 5.82 Å².